The molecule has 3 heterocycles. The first-order chi connectivity index (χ1) is 14.2. The van der Waals surface area contributed by atoms with Gasteiger partial charge in [0.2, 0.25) is 18.3 Å². The number of methoxy groups -OCH3 is 1. The van der Waals surface area contributed by atoms with Crippen molar-refractivity contribution >= 4 is 28.7 Å². The highest BCUT2D eigenvalue weighted by Gasteiger charge is 2.58. The van der Waals surface area contributed by atoms with Crippen LogP contribution in [-0.2, 0) is 23.7 Å². The molecule has 2 aromatic rings. The molecule has 2 fully saturated rings. The normalized spacial score (nSPS) is 27.1. The van der Waals surface area contributed by atoms with Gasteiger partial charge in [0.05, 0.1) is 5.60 Å². The molecule has 2 aliphatic heterocycles. The van der Waals surface area contributed by atoms with Crippen LogP contribution < -0.4 is 15.7 Å². The van der Waals surface area contributed by atoms with Gasteiger partial charge in [-0.15, -0.1) is 0 Å². The van der Waals surface area contributed by atoms with Crippen LogP contribution in [0.2, 0.25) is 0 Å². The Hall–Kier alpha value is -3.11. The van der Waals surface area contributed by atoms with Crippen molar-refractivity contribution in [3.8, 4) is 5.75 Å². The number of nitrogens with one attached hydrogen (secondary N) is 1. The van der Waals surface area contributed by atoms with Crippen molar-refractivity contribution in [3.63, 3.8) is 0 Å². The van der Waals surface area contributed by atoms with Crippen molar-refractivity contribution in [3.05, 3.63) is 34.7 Å². The van der Waals surface area contributed by atoms with E-state index in [4.69, 9.17) is 28.1 Å². The first-order valence-corrected chi connectivity index (χ1v) is 9.28. The van der Waals surface area contributed by atoms with E-state index in [1.165, 1.54) is 26.2 Å². The predicted octanol–water partition coefficient (Wildman–Crippen LogP) is 2.18. The lowest BCUT2D eigenvalue weighted by molar-refractivity contribution is -0.282. The maximum Gasteiger partial charge on any atom is 0.509 e. The van der Waals surface area contributed by atoms with Crippen molar-refractivity contribution in [2.45, 2.75) is 51.0 Å². The first kappa shape index (κ1) is 20.2. The first-order valence-electron chi connectivity index (χ1n) is 9.28. The Bertz CT molecular complexity index is 1060. The summed E-state index contributed by atoms with van der Waals surface area (Å²) in [7, 11) is 1.50. The van der Waals surface area contributed by atoms with E-state index < -0.39 is 42.0 Å². The molecule has 0 aliphatic carbocycles. The van der Waals surface area contributed by atoms with Gasteiger partial charge in [0.1, 0.15) is 23.1 Å². The van der Waals surface area contributed by atoms with Crippen molar-refractivity contribution in [2.75, 3.05) is 12.4 Å². The summed E-state index contributed by atoms with van der Waals surface area (Å²) in [6.07, 6.45) is -3.87. The lowest BCUT2D eigenvalue weighted by atomic mass is 9.89. The SMILES string of the molecule is CO[C@@H]1[C@H]2OC(=O)OC2[C@H](Oc2ccc3cc(NC(C)=O)c(=O)oc3c2)OC1(C)C. The Morgan fingerprint density at radius 3 is 2.57 bits per heavy atom. The molecule has 4 rings (SSSR count). The number of fused-ring (bicyclic) bond motifs is 2. The second-order valence-corrected chi connectivity index (χ2v) is 7.61. The van der Waals surface area contributed by atoms with Crippen LogP contribution in [0.4, 0.5) is 10.5 Å². The van der Waals surface area contributed by atoms with Crippen molar-refractivity contribution in [1.29, 1.82) is 0 Å². The van der Waals surface area contributed by atoms with E-state index in [1.54, 1.807) is 26.0 Å². The van der Waals surface area contributed by atoms with Gasteiger partial charge in [-0.2, -0.15) is 0 Å². The Morgan fingerprint density at radius 1 is 1.13 bits per heavy atom. The zero-order valence-corrected chi connectivity index (χ0v) is 16.8. The summed E-state index contributed by atoms with van der Waals surface area (Å²) in [5.74, 6) is -0.0489. The van der Waals surface area contributed by atoms with E-state index in [9.17, 15) is 14.4 Å². The molecule has 0 saturated carbocycles. The second-order valence-electron chi connectivity index (χ2n) is 7.61. The number of ether oxygens (including phenoxy) is 5. The Kier molecular flexibility index (Phi) is 4.91. The van der Waals surface area contributed by atoms with Gasteiger partial charge in [0, 0.05) is 25.5 Å². The summed E-state index contributed by atoms with van der Waals surface area (Å²) in [4.78, 5) is 35.0. The number of anilines is 1. The van der Waals surface area contributed by atoms with E-state index in [0.717, 1.165) is 0 Å². The largest absolute Gasteiger partial charge is 0.509 e. The van der Waals surface area contributed by atoms with E-state index in [0.29, 0.717) is 11.1 Å². The standard InChI is InChI=1S/C20H21NO9/c1-9(22)21-12-7-10-5-6-11(8-13(10)27-17(12)23)26-18-15-14(28-19(24)29-15)16(25-4)20(2,3)30-18/h5-8,14-16,18H,1-4H3,(H,21,22)/t14-,15?,16+,18+/m0/s1. The van der Waals surface area contributed by atoms with Crippen LogP contribution in [0.25, 0.3) is 11.0 Å². The third-order valence-corrected chi connectivity index (χ3v) is 4.98. The highest BCUT2D eigenvalue weighted by Crippen LogP contribution is 2.38. The summed E-state index contributed by atoms with van der Waals surface area (Å²) in [6, 6.07) is 6.34. The Labute approximate surface area is 171 Å². The topological polar surface area (TPSA) is 123 Å². The Balaban J connectivity index is 1.62. The lowest BCUT2D eigenvalue weighted by Gasteiger charge is -2.45. The summed E-state index contributed by atoms with van der Waals surface area (Å²) in [5.41, 5.74) is -1.21. The zero-order chi connectivity index (χ0) is 21.6. The highest BCUT2D eigenvalue weighted by atomic mass is 16.8. The van der Waals surface area contributed by atoms with Gasteiger partial charge in [-0.3, -0.25) is 4.79 Å². The molecule has 4 atom stereocenters. The van der Waals surface area contributed by atoms with Crippen LogP contribution in [-0.4, -0.2) is 49.4 Å². The molecule has 1 N–H and O–H groups in total. The number of rotatable bonds is 4. The fourth-order valence-corrected chi connectivity index (χ4v) is 3.74. The molecule has 1 amide bonds. The molecule has 0 bridgehead atoms. The number of carbonyl (C=O) groups excluding carboxylic acids is 2. The van der Waals surface area contributed by atoms with Crippen LogP contribution in [0.15, 0.2) is 33.5 Å². The lowest BCUT2D eigenvalue weighted by Crippen LogP contribution is -2.62. The van der Waals surface area contributed by atoms with E-state index >= 15 is 0 Å². The van der Waals surface area contributed by atoms with E-state index in [1.807, 2.05) is 0 Å². The van der Waals surface area contributed by atoms with Crippen molar-refractivity contribution in [2.24, 2.45) is 0 Å². The molecule has 0 radical (unpaired) electrons. The molecule has 10 heteroatoms. The quantitative estimate of drug-likeness (QED) is 0.587. The number of carbonyl (C=O) groups is 2. The molecule has 2 saturated heterocycles. The van der Waals surface area contributed by atoms with Crippen LogP contribution in [0.5, 0.6) is 5.75 Å². The minimum atomic E-state index is -0.967. The highest BCUT2D eigenvalue weighted by molar-refractivity contribution is 5.91. The molecule has 10 nitrogen and oxygen atoms in total. The molecule has 1 aromatic heterocycles. The molecule has 2 aliphatic rings. The van der Waals surface area contributed by atoms with Gasteiger partial charge >= 0.3 is 11.8 Å². The number of hydrogen-bond acceptors (Lipinski definition) is 9. The summed E-state index contributed by atoms with van der Waals surface area (Å²) < 4.78 is 33.2. The van der Waals surface area contributed by atoms with E-state index in [2.05, 4.69) is 5.32 Å². The third-order valence-electron chi connectivity index (χ3n) is 4.98. The van der Waals surface area contributed by atoms with Crippen LogP contribution in [0.3, 0.4) is 0 Å². The van der Waals surface area contributed by atoms with Crippen LogP contribution in [0.1, 0.15) is 20.8 Å². The number of amides is 1. The maximum absolute atomic E-state index is 12.1. The molecular weight excluding hydrogens is 398 g/mol. The average Bonchev–Trinajstić information content (AvgIpc) is 3.03. The van der Waals surface area contributed by atoms with Crippen molar-refractivity contribution < 1.29 is 37.7 Å². The molecule has 160 valence electrons. The molecule has 1 unspecified atom stereocenters. The molecule has 1 aromatic carbocycles. The fourth-order valence-electron chi connectivity index (χ4n) is 3.74. The summed E-state index contributed by atoms with van der Waals surface area (Å²) in [5, 5.41) is 3.01. The number of benzene rings is 1. The van der Waals surface area contributed by atoms with E-state index in [-0.39, 0.29) is 17.2 Å². The van der Waals surface area contributed by atoms with Crippen molar-refractivity contribution in [1.82, 2.24) is 0 Å². The maximum atomic E-state index is 12.1. The summed E-state index contributed by atoms with van der Waals surface area (Å²) >= 11 is 0. The van der Waals surface area contributed by atoms with Gasteiger partial charge in [-0.25, -0.2) is 9.59 Å². The van der Waals surface area contributed by atoms with Gasteiger partial charge in [-0.05, 0) is 32.0 Å². The minimum absolute atomic E-state index is 0.0458. The zero-order valence-electron chi connectivity index (χ0n) is 16.8. The smallest absolute Gasteiger partial charge is 0.461 e. The molecule has 30 heavy (non-hydrogen) atoms. The Morgan fingerprint density at radius 2 is 1.87 bits per heavy atom. The van der Waals surface area contributed by atoms with Gasteiger partial charge in [0.15, 0.2) is 6.10 Å². The monoisotopic (exact) mass is 419 g/mol. The van der Waals surface area contributed by atoms with Crippen LogP contribution >= 0.6 is 0 Å². The predicted molar refractivity (Wildman–Crippen MR) is 102 cm³/mol. The molecular formula is C20H21NO9. The number of hydrogen-bond donors (Lipinski definition) is 1. The van der Waals surface area contributed by atoms with Crippen LogP contribution in [0, 0.1) is 0 Å². The van der Waals surface area contributed by atoms with Gasteiger partial charge in [0.25, 0.3) is 0 Å². The second kappa shape index (κ2) is 7.29. The minimum Gasteiger partial charge on any atom is -0.461 e. The third kappa shape index (κ3) is 3.59. The van der Waals surface area contributed by atoms with Gasteiger partial charge < -0.3 is 33.4 Å². The van der Waals surface area contributed by atoms with Gasteiger partial charge in [-0.1, -0.05) is 0 Å². The average molecular weight is 419 g/mol. The molecule has 0 spiro atoms. The fraction of sp³-hybridized carbons (Fsp3) is 0.450. The summed E-state index contributed by atoms with van der Waals surface area (Å²) in [6.45, 7) is 4.89.